The van der Waals surface area contributed by atoms with Crippen molar-refractivity contribution in [2.24, 2.45) is 5.92 Å². The molecule has 1 aliphatic rings. The van der Waals surface area contributed by atoms with Gasteiger partial charge in [-0.1, -0.05) is 17.7 Å². The fourth-order valence-corrected chi connectivity index (χ4v) is 4.53. The van der Waals surface area contributed by atoms with Gasteiger partial charge in [-0.25, -0.2) is 0 Å². The van der Waals surface area contributed by atoms with Gasteiger partial charge in [0.05, 0.1) is 18.4 Å². The highest BCUT2D eigenvalue weighted by Crippen LogP contribution is 2.30. The molecule has 3 amide bonds. The number of alkyl halides is 3. The average Bonchev–Trinajstić information content (AvgIpc) is 3.43. The molecule has 200 valence electrons. The van der Waals surface area contributed by atoms with Gasteiger partial charge in [-0.05, 0) is 74.2 Å². The van der Waals surface area contributed by atoms with Crippen molar-refractivity contribution in [2.45, 2.75) is 38.5 Å². The molecule has 4 rings (SSSR count). The number of rotatable bonds is 7. The first-order chi connectivity index (χ1) is 18.1. The van der Waals surface area contributed by atoms with Gasteiger partial charge in [-0.15, -0.1) is 0 Å². The van der Waals surface area contributed by atoms with Gasteiger partial charge in [0.25, 0.3) is 11.8 Å². The van der Waals surface area contributed by atoms with Crippen LogP contribution >= 0.6 is 0 Å². The third-order valence-corrected chi connectivity index (χ3v) is 6.62. The molecule has 1 aliphatic heterocycles. The molecule has 10 heteroatoms. The Hall–Kier alpha value is -4.08. The number of hydrogen-bond donors (Lipinski definition) is 2. The first-order valence-corrected chi connectivity index (χ1v) is 12.3. The van der Waals surface area contributed by atoms with E-state index in [1.807, 2.05) is 13.0 Å². The topological polar surface area (TPSA) is 91.7 Å². The summed E-state index contributed by atoms with van der Waals surface area (Å²) in [5.41, 5.74) is 0.688. The minimum atomic E-state index is -4.48. The molecular formula is C28H28F3N3O4. The maximum Gasteiger partial charge on any atom is 0.416 e. The van der Waals surface area contributed by atoms with E-state index in [1.165, 1.54) is 18.4 Å². The first kappa shape index (κ1) is 27.0. The molecule has 0 saturated carbocycles. The Morgan fingerprint density at radius 3 is 2.32 bits per heavy atom. The van der Waals surface area contributed by atoms with Crippen LogP contribution in [0.5, 0.6) is 0 Å². The molecule has 1 fully saturated rings. The largest absolute Gasteiger partial charge is 0.467 e. The van der Waals surface area contributed by atoms with Crippen LogP contribution in [0.1, 0.15) is 50.4 Å². The Bertz CT molecular complexity index is 1270. The van der Waals surface area contributed by atoms with Crippen molar-refractivity contribution in [3.63, 3.8) is 0 Å². The Kier molecular flexibility index (Phi) is 8.19. The molecule has 3 aromatic rings. The van der Waals surface area contributed by atoms with Crippen LogP contribution in [-0.4, -0.2) is 41.8 Å². The standard InChI is InChI=1S/C28H28F3N3O4/c1-18-4-2-5-21(16-18)25(35)33-24(26(36)32-17-23-6-3-15-38-23)19-11-13-34(14-12-19)27(37)20-7-9-22(10-8-20)28(29,30)31/h2-10,15-16,19,24H,11-14,17H2,1H3,(H,32,36)(H,33,35)/t24-/m0/s1. The van der Waals surface area contributed by atoms with Gasteiger partial charge < -0.3 is 20.0 Å². The van der Waals surface area contributed by atoms with Gasteiger partial charge in [0.15, 0.2) is 0 Å². The highest BCUT2D eigenvalue weighted by atomic mass is 19.4. The molecular weight excluding hydrogens is 499 g/mol. The Morgan fingerprint density at radius 2 is 1.71 bits per heavy atom. The minimum Gasteiger partial charge on any atom is -0.467 e. The molecule has 0 spiro atoms. The van der Waals surface area contributed by atoms with E-state index >= 15 is 0 Å². The van der Waals surface area contributed by atoms with Gasteiger partial charge in [-0.3, -0.25) is 14.4 Å². The lowest BCUT2D eigenvalue weighted by atomic mass is 9.88. The second kappa shape index (κ2) is 11.5. The summed E-state index contributed by atoms with van der Waals surface area (Å²) in [6, 6.07) is 13.8. The van der Waals surface area contributed by atoms with Crippen LogP contribution in [0.3, 0.4) is 0 Å². The molecule has 7 nitrogen and oxygen atoms in total. The maximum atomic E-state index is 13.2. The fraction of sp³-hybridized carbons (Fsp3) is 0.321. The molecule has 2 aromatic carbocycles. The summed E-state index contributed by atoms with van der Waals surface area (Å²) in [7, 11) is 0. The zero-order chi connectivity index (χ0) is 27.3. The van der Waals surface area contributed by atoms with E-state index in [0.29, 0.717) is 37.3 Å². The number of amides is 3. The summed E-state index contributed by atoms with van der Waals surface area (Å²) in [4.78, 5) is 40.6. The van der Waals surface area contributed by atoms with Crippen LogP contribution in [0.4, 0.5) is 13.2 Å². The Balaban J connectivity index is 1.43. The predicted octanol–water partition coefficient (Wildman–Crippen LogP) is 4.57. The number of furan rings is 1. The fourth-order valence-electron chi connectivity index (χ4n) is 4.53. The van der Waals surface area contributed by atoms with Crippen molar-refractivity contribution in [2.75, 3.05) is 13.1 Å². The number of hydrogen-bond acceptors (Lipinski definition) is 4. The van der Waals surface area contributed by atoms with E-state index in [1.54, 1.807) is 35.2 Å². The molecule has 2 N–H and O–H groups in total. The first-order valence-electron chi connectivity index (χ1n) is 12.3. The van der Waals surface area contributed by atoms with Gasteiger partial charge in [0.1, 0.15) is 11.8 Å². The summed E-state index contributed by atoms with van der Waals surface area (Å²) in [6.07, 6.45) is -2.12. The number of aryl methyl sites for hydroxylation is 1. The summed E-state index contributed by atoms with van der Waals surface area (Å²) >= 11 is 0. The molecule has 2 heterocycles. The van der Waals surface area contributed by atoms with Crippen LogP contribution in [0, 0.1) is 12.8 Å². The van der Waals surface area contributed by atoms with Crippen molar-refractivity contribution >= 4 is 17.7 Å². The lowest BCUT2D eigenvalue weighted by Crippen LogP contribution is -2.53. The maximum absolute atomic E-state index is 13.2. The summed E-state index contributed by atoms with van der Waals surface area (Å²) in [5.74, 6) is -0.805. The Morgan fingerprint density at radius 1 is 1.00 bits per heavy atom. The second-order valence-electron chi connectivity index (χ2n) is 9.32. The van der Waals surface area contributed by atoms with Gasteiger partial charge in [0.2, 0.25) is 5.91 Å². The summed E-state index contributed by atoms with van der Waals surface area (Å²) < 4.78 is 43.8. The normalized spacial score (nSPS) is 15.1. The third kappa shape index (κ3) is 6.62. The molecule has 38 heavy (non-hydrogen) atoms. The molecule has 0 aliphatic carbocycles. The lowest BCUT2D eigenvalue weighted by molar-refractivity contribution is -0.137. The monoisotopic (exact) mass is 527 g/mol. The highest BCUT2D eigenvalue weighted by molar-refractivity contribution is 5.98. The van der Waals surface area contributed by atoms with Crippen LogP contribution in [-0.2, 0) is 17.5 Å². The van der Waals surface area contributed by atoms with E-state index in [9.17, 15) is 27.6 Å². The zero-order valence-corrected chi connectivity index (χ0v) is 20.8. The number of nitrogens with one attached hydrogen (secondary N) is 2. The van der Waals surface area contributed by atoms with E-state index in [2.05, 4.69) is 10.6 Å². The van der Waals surface area contributed by atoms with Crippen molar-refractivity contribution < 1.29 is 32.0 Å². The lowest BCUT2D eigenvalue weighted by Gasteiger charge is -2.36. The zero-order valence-electron chi connectivity index (χ0n) is 20.8. The number of likely N-dealkylation sites (tertiary alicyclic amines) is 1. The van der Waals surface area contributed by atoms with E-state index < -0.39 is 17.8 Å². The molecule has 1 aromatic heterocycles. The number of nitrogens with zero attached hydrogens (tertiary/aromatic N) is 1. The van der Waals surface area contributed by atoms with Crippen molar-refractivity contribution in [3.8, 4) is 0 Å². The van der Waals surface area contributed by atoms with Gasteiger partial charge >= 0.3 is 6.18 Å². The van der Waals surface area contributed by atoms with E-state index in [4.69, 9.17) is 4.42 Å². The molecule has 1 saturated heterocycles. The van der Waals surface area contributed by atoms with Crippen LogP contribution in [0.25, 0.3) is 0 Å². The number of piperidine rings is 1. The van der Waals surface area contributed by atoms with Crippen LogP contribution in [0.15, 0.2) is 71.3 Å². The molecule has 0 radical (unpaired) electrons. The quantitative estimate of drug-likeness (QED) is 0.471. The van der Waals surface area contributed by atoms with Crippen molar-refractivity contribution in [3.05, 3.63) is 94.9 Å². The van der Waals surface area contributed by atoms with E-state index in [0.717, 1.165) is 17.7 Å². The molecule has 1 atom stereocenters. The molecule has 0 unspecified atom stereocenters. The molecule has 0 bridgehead atoms. The summed E-state index contributed by atoms with van der Waals surface area (Å²) in [6.45, 7) is 2.63. The average molecular weight is 528 g/mol. The van der Waals surface area contributed by atoms with Gasteiger partial charge in [-0.2, -0.15) is 13.2 Å². The van der Waals surface area contributed by atoms with Crippen molar-refractivity contribution in [1.29, 1.82) is 0 Å². The number of halogens is 3. The SMILES string of the molecule is Cc1cccc(C(=O)N[C@H](C(=O)NCc2ccco2)C2CCN(C(=O)c3ccc(C(F)(F)F)cc3)CC2)c1. The number of carbonyl (C=O) groups is 3. The smallest absolute Gasteiger partial charge is 0.416 e. The number of carbonyl (C=O) groups excluding carboxylic acids is 3. The highest BCUT2D eigenvalue weighted by Gasteiger charge is 2.35. The van der Waals surface area contributed by atoms with Crippen LogP contribution in [0.2, 0.25) is 0 Å². The predicted molar refractivity (Wildman–Crippen MR) is 133 cm³/mol. The summed E-state index contributed by atoms with van der Waals surface area (Å²) in [5, 5.41) is 5.67. The Labute approximate surface area is 218 Å². The van der Waals surface area contributed by atoms with Crippen molar-refractivity contribution in [1.82, 2.24) is 15.5 Å². The number of benzene rings is 2. The second-order valence-corrected chi connectivity index (χ2v) is 9.32. The third-order valence-electron chi connectivity index (χ3n) is 6.62. The van der Waals surface area contributed by atoms with Crippen LogP contribution < -0.4 is 10.6 Å². The van der Waals surface area contributed by atoms with Gasteiger partial charge in [0, 0.05) is 24.2 Å². The minimum absolute atomic E-state index is 0.161. The van der Waals surface area contributed by atoms with E-state index in [-0.39, 0.29) is 35.7 Å².